The van der Waals surface area contributed by atoms with E-state index in [4.69, 9.17) is 9.47 Å². The number of ether oxygens (including phenoxy) is 2. The zero-order chi connectivity index (χ0) is 25.1. The number of hydrogen-bond acceptors (Lipinski definition) is 7. The lowest BCUT2D eigenvalue weighted by atomic mass is 10.2. The van der Waals surface area contributed by atoms with Gasteiger partial charge in [-0.3, -0.25) is 5.32 Å². The van der Waals surface area contributed by atoms with Gasteiger partial charge >= 0.3 is 12.0 Å². The van der Waals surface area contributed by atoms with E-state index in [0.717, 1.165) is 62.4 Å². The Morgan fingerprint density at radius 2 is 1.85 bits per heavy atom. The van der Waals surface area contributed by atoms with E-state index in [2.05, 4.69) is 49.8 Å². The van der Waals surface area contributed by atoms with E-state index in [1.165, 1.54) is 7.11 Å². The first kappa shape index (κ1) is 27.9. The van der Waals surface area contributed by atoms with Crippen LogP contribution in [0.25, 0.3) is 0 Å². The van der Waals surface area contributed by atoms with Gasteiger partial charge in [0.15, 0.2) is 5.56 Å². The summed E-state index contributed by atoms with van der Waals surface area (Å²) in [6, 6.07) is 1.69. The molecule has 0 aliphatic heterocycles. The topological polar surface area (TPSA) is 92.8 Å². The van der Waals surface area contributed by atoms with Crippen molar-refractivity contribution >= 4 is 44.5 Å². The van der Waals surface area contributed by atoms with Gasteiger partial charge in [-0.25, -0.2) is 18.4 Å². The molecule has 0 saturated carbocycles. The van der Waals surface area contributed by atoms with Crippen LogP contribution in [0.5, 0.6) is 5.88 Å². The van der Waals surface area contributed by atoms with Crippen molar-refractivity contribution in [3.63, 3.8) is 0 Å². The SMILES string of the molecule is CCCCN(C)CCCCNC(=O)Nc1snc(OCc2c(F)cc(Br)cc2F)c1C(=O)OC. The molecular weight excluding hydrogens is 534 g/mol. The van der Waals surface area contributed by atoms with Crippen molar-refractivity contribution in [2.45, 2.75) is 39.2 Å². The van der Waals surface area contributed by atoms with E-state index in [0.29, 0.717) is 6.54 Å². The van der Waals surface area contributed by atoms with Gasteiger partial charge in [0, 0.05) is 11.0 Å². The number of anilines is 1. The van der Waals surface area contributed by atoms with Crippen LogP contribution < -0.4 is 15.4 Å². The average Bonchev–Trinajstić information content (AvgIpc) is 3.18. The van der Waals surface area contributed by atoms with E-state index in [-0.39, 0.29) is 26.5 Å². The Morgan fingerprint density at radius 3 is 2.50 bits per heavy atom. The van der Waals surface area contributed by atoms with Gasteiger partial charge in [-0.1, -0.05) is 29.3 Å². The summed E-state index contributed by atoms with van der Waals surface area (Å²) in [4.78, 5) is 26.8. The predicted molar refractivity (Wildman–Crippen MR) is 131 cm³/mol. The molecule has 2 amide bonds. The van der Waals surface area contributed by atoms with E-state index in [9.17, 15) is 18.4 Å². The minimum atomic E-state index is -0.809. The van der Waals surface area contributed by atoms with Crippen LogP contribution in [-0.2, 0) is 11.3 Å². The lowest BCUT2D eigenvalue weighted by Gasteiger charge is -2.15. The van der Waals surface area contributed by atoms with E-state index >= 15 is 0 Å². The molecule has 2 aromatic rings. The molecule has 12 heteroatoms. The third kappa shape index (κ3) is 8.48. The molecule has 0 atom stereocenters. The maximum atomic E-state index is 14.1. The fourth-order valence-electron chi connectivity index (χ4n) is 2.99. The number of benzene rings is 1. The van der Waals surface area contributed by atoms with Crippen molar-refractivity contribution in [3.8, 4) is 5.88 Å². The number of nitrogens with zero attached hydrogens (tertiary/aromatic N) is 2. The van der Waals surface area contributed by atoms with Crippen molar-refractivity contribution in [3.05, 3.63) is 39.4 Å². The highest BCUT2D eigenvalue weighted by Crippen LogP contribution is 2.32. The number of carbonyl (C=O) groups excluding carboxylic acids is 2. The summed E-state index contributed by atoms with van der Waals surface area (Å²) < 4.78 is 42.5. The number of carbonyl (C=O) groups is 2. The number of halogens is 3. The van der Waals surface area contributed by atoms with E-state index in [1.54, 1.807) is 0 Å². The Hall–Kier alpha value is -2.31. The van der Waals surface area contributed by atoms with Crippen LogP contribution in [0.2, 0.25) is 0 Å². The summed E-state index contributed by atoms with van der Waals surface area (Å²) in [5.74, 6) is -2.61. The van der Waals surface area contributed by atoms with Gasteiger partial charge in [-0.05, 0) is 63.1 Å². The second kappa shape index (κ2) is 14.2. The smallest absolute Gasteiger partial charge is 0.346 e. The molecule has 0 saturated heterocycles. The zero-order valence-corrected chi connectivity index (χ0v) is 21.8. The van der Waals surface area contributed by atoms with Crippen LogP contribution in [0.1, 0.15) is 48.5 Å². The van der Waals surface area contributed by atoms with Gasteiger partial charge in [0.2, 0.25) is 5.88 Å². The van der Waals surface area contributed by atoms with Gasteiger partial charge in [0.1, 0.15) is 23.2 Å². The van der Waals surface area contributed by atoms with Crippen LogP contribution in [0.15, 0.2) is 16.6 Å². The molecule has 0 aliphatic carbocycles. The van der Waals surface area contributed by atoms with Gasteiger partial charge < -0.3 is 19.7 Å². The van der Waals surface area contributed by atoms with Crippen LogP contribution in [-0.4, -0.2) is 55.1 Å². The van der Waals surface area contributed by atoms with Crippen molar-refractivity contribution < 1.29 is 27.8 Å². The number of unbranched alkanes of at least 4 members (excludes halogenated alkanes) is 2. The maximum absolute atomic E-state index is 14.1. The second-order valence-electron chi connectivity index (χ2n) is 7.56. The van der Waals surface area contributed by atoms with Crippen molar-refractivity contribution in [2.75, 3.05) is 39.1 Å². The molecule has 0 aliphatic rings. The van der Waals surface area contributed by atoms with Crippen molar-refractivity contribution in [2.24, 2.45) is 0 Å². The summed E-state index contributed by atoms with van der Waals surface area (Å²) in [5.41, 5.74) is -0.447. The Morgan fingerprint density at radius 1 is 1.18 bits per heavy atom. The lowest BCUT2D eigenvalue weighted by molar-refractivity contribution is 0.0596. The standard InChI is InChI=1S/C22H29BrF2N4O4S/c1-4-5-9-29(2)10-7-6-8-26-22(31)27-20-18(21(30)32-3)19(28-34-20)33-13-15-16(24)11-14(23)12-17(15)25/h11-12H,4-10,13H2,1-3H3,(H2,26,27,31). The quantitative estimate of drug-likeness (QED) is 0.258. The number of urea groups is 1. The number of amides is 2. The number of methoxy groups -OCH3 is 1. The molecule has 2 rings (SSSR count). The molecule has 8 nitrogen and oxygen atoms in total. The maximum Gasteiger partial charge on any atom is 0.346 e. The molecule has 0 spiro atoms. The molecule has 0 fully saturated rings. The Kier molecular flexibility index (Phi) is 11.6. The summed E-state index contributed by atoms with van der Waals surface area (Å²) >= 11 is 3.81. The molecule has 1 aromatic carbocycles. The molecule has 0 radical (unpaired) electrons. The van der Waals surface area contributed by atoms with Gasteiger partial charge in [0.05, 0.1) is 12.7 Å². The first-order valence-corrected chi connectivity index (χ1v) is 12.4. The summed E-state index contributed by atoms with van der Waals surface area (Å²) in [6.07, 6.45) is 4.06. The molecule has 2 N–H and O–H groups in total. The van der Waals surface area contributed by atoms with Crippen LogP contribution in [0.3, 0.4) is 0 Å². The molecule has 1 aromatic heterocycles. The minimum Gasteiger partial charge on any atom is -0.471 e. The number of esters is 1. The van der Waals surface area contributed by atoms with Crippen LogP contribution >= 0.6 is 27.5 Å². The normalized spacial score (nSPS) is 10.9. The number of rotatable bonds is 13. The summed E-state index contributed by atoms with van der Waals surface area (Å²) in [6.45, 7) is 4.12. The second-order valence-corrected chi connectivity index (χ2v) is 9.25. The fourth-order valence-corrected chi connectivity index (χ4v) is 4.11. The molecular formula is C22H29BrF2N4O4S. The molecule has 0 unspecified atom stereocenters. The Balaban J connectivity index is 1.93. The molecule has 34 heavy (non-hydrogen) atoms. The van der Waals surface area contributed by atoms with E-state index < -0.39 is 30.2 Å². The average molecular weight is 563 g/mol. The third-order valence-electron chi connectivity index (χ3n) is 4.88. The third-order valence-corrected chi connectivity index (χ3v) is 6.09. The monoisotopic (exact) mass is 562 g/mol. The van der Waals surface area contributed by atoms with E-state index in [1.807, 2.05) is 0 Å². The number of aromatic nitrogens is 1. The van der Waals surface area contributed by atoms with Crippen LogP contribution in [0, 0.1) is 11.6 Å². The largest absolute Gasteiger partial charge is 0.471 e. The highest BCUT2D eigenvalue weighted by atomic mass is 79.9. The summed E-state index contributed by atoms with van der Waals surface area (Å²) in [5, 5.41) is 5.40. The highest BCUT2D eigenvalue weighted by Gasteiger charge is 2.25. The lowest BCUT2D eigenvalue weighted by Crippen LogP contribution is -2.30. The Bertz CT molecular complexity index is 953. The molecule has 188 valence electrons. The van der Waals surface area contributed by atoms with Gasteiger partial charge in [-0.2, -0.15) is 4.37 Å². The minimum absolute atomic E-state index is 0.107. The number of nitrogens with one attached hydrogen (secondary N) is 2. The fraction of sp³-hybridized carbons (Fsp3) is 0.500. The van der Waals surface area contributed by atoms with Crippen molar-refractivity contribution in [1.82, 2.24) is 14.6 Å². The molecule has 0 bridgehead atoms. The van der Waals surface area contributed by atoms with Crippen molar-refractivity contribution in [1.29, 1.82) is 0 Å². The van der Waals surface area contributed by atoms with Gasteiger partial charge in [-0.15, -0.1) is 0 Å². The highest BCUT2D eigenvalue weighted by molar-refractivity contribution is 9.10. The zero-order valence-electron chi connectivity index (χ0n) is 19.4. The van der Waals surface area contributed by atoms with Crippen LogP contribution in [0.4, 0.5) is 18.6 Å². The number of hydrogen-bond donors (Lipinski definition) is 2. The van der Waals surface area contributed by atoms with Gasteiger partial charge in [0.25, 0.3) is 0 Å². The first-order valence-electron chi connectivity index (χ1n) is 10.8. The summed E-state index contributed by atoms with van der Waals surface area (Å²) in [7, 11) is 3.24. The Labute approximate surface area is 210 Å². The first-order chi connectivity index (χ1) is 16.3. The molecule has 1 heterocycles. The predicted octanol–water partition coefficient (Wildman–Crippen LogP) is 5.18.